The van der Waals surface area contributed by atoms with E-state index in [-0.39, 0.29) is 0 Å². The Bertz CT molecular complexity index is 2780. The molecule has 9 aromatic rings. The molecule has 1 unspecified atom stereocenters. The van der Waals surface area contributed by atoms with E-state index in [0.717, 1.165) is 28.7 Å². The molecule has 0 saturated carbocycles. The van der Waals surface area contributed by atoms with Gasteiger partial charge >= 0.3 is 0 Å². The third-order valence-corrected chi connectivity index (χ3v) is 10.8. The lowest BCUT2D eigenvalue weighted by Crippen LogP contribution is -2.02. The number of aryl methyl sites for hydroxylation is 2. The van der Waals surface area contributed by atoms with Crippen molar-refractivity contribution < 1.29 is 0 Å². The van der Waals surface area contributed by atoms with E-state index in [1.807, 2.05) is 18.2 Å². The number of rotatable bonds is 6. The van der Waals surface area contributed by atoms with Gasteiger partial charge in [0.25, 0.3) is 0 Å². The first-order valence-electron chi connectivity index (χ1n) is 18.3. The summed E-state index contributed by atoms with van der Waals surface area (Å²) in [5, 5.41) is 10.3. The molecule has 3 nitrogen and oxygen atoms in total. The zero-order valence-electron chi connectivity index (χ0n) is 30.0. The molecule has 9 rings (SSSR count). The SMILES string of the molecule is CCC(C)c1cc(-c2nc(-c3ccccc3)nc(-c3ccc(-c4ccc(C)cc4)cc3)n2)cc2c3ccc4ccccc4c3c3cccc(C)c3c12. The van der Waals surface area contributed by atoms with Crippen molar-refractivity contribution in [3.05, 3.63) is 162 Å². The first-order valence-corrected chi connectivity index (χ1v) is 18.3. The van der Waals surface area contributed by atoms with Crippen LogP contribution in [-0.2, 0) is 0 Å². The van der Waals surface area contributed by atoms with E-state index < -0.39 is 0 Å². The lowest BCUT2D eigenvalue weighted by atomic mass is 9.83. The molecule has 0 spiro atoms. The maximum absolute atomic E-state index is 5.23. The van der Waals surface area contributed by atoms with Crippen molar-refractivity contribution in [1.29, 1.82) is 0 Å². The Balaban J connectivity index is 1.32. The Labute approximate surface area is 304 Å². The minimum atomic E-state index is 0.326. The molecule has 8 aromatic carbocycles. The van der Waals surface area contributed by atoms with Crippen LogP contribution in [0.5, 0.6) is 0 Å². The highest BCUT2D eigenvalue weighted by atomic mass is 15.0. The third-order valence-electron chi connectivity index (χ3n) is 10.8. The number of hydrogen-bond acceptors (Lipinski definition) is 3. The average Bonchev–Trinajstić information content (AvgIpc) is 3.20. The number of aromatic nitrogens is 3. The molecule has 0 saturated heterocycles. The lowest BCUT2D eigenvalue weighted by molar-refractivity contribution is 0.740. The molecule has 250 valence electrons. The Kier molecular flexibility index (Phi) is 7.85. The van der Waals surface area contributed by atoms with Gasteiger partial charge in [0.15, 0.2) is 17.5 Å². The summed E-state index contributed by atoms with van der Waals surface area (Å²) in [5.41, 5.74) is 9.14. The summed E-state index contributed by atoms with van der Waals surface area (Å²) in [5.74, 6) is 2.33. The van der Waals surface area contributed by atoms with Gasteiger partial charge in [0.1, 0.15) is 0 Å². The van der Waals surface area contributed by atoms with Gasteiger partial charge < -0.3 is 0 Å². The summed E-state index contributed by atoms with van der Waals surface area (Å²) in [4.78, 5) is 15.5. The molecule has 52 heavy (non-hydrogen) atoms. The largest absolute Gasteiger partial charge is 0.208 e. The molecular weight excluding hydrogens is 631 g/mol. The van der Waals surface area contributed by atoms with E-state index in [1.54, 1.807) is 0 Å². The monoisotopic (exact) mass is 669 g/mol. The number of fused-ring (bicyclic) bond motifs is 8. The van der Waals surface area contributed by atoms with Gasteiger partial charge in [0, 0.05) is 16.7 Å². The van der Waals surface area contributed by atoms with Gasteiger partial charge in [0.2, 0.25) is 0 Å². The van der Waals surface area contributed by atoms with Gasteiger partial charge in [-0.3, -0.25) is 0 Å². The van der Waals surface area contributed by atoms with Gasteiger partial charge in [0.05, 0.1) is 0 Å². The van der Waals surface area contributed by atoms with E-state index in [9.17, 15) is 0 Å². The summed E-state index contributed by atoms with van der Waals surface area (Å²) in [6, 6.07) is 52.2. The highest BCUT2D eigenvalue weighted by molar-refractivity contribution is 6.32. The Morgan fingerprint density at radius 3 is 1.75 bits per heavy atom. The quantitative estimate of drug-likeness (QED) is 0.165. The van der Waals surface area contributed by atoms with E-state index in [4.69, 9.17) is 15.0 Å². The minimum Gasteiger partial charge on any atom is -0.208 e. The maximum Gasteiger partial charge on any atom is 0.164 e. The molecule has 0 bridgehead atoms. The number of nitrogens with zero attached hydrogens (tertiary/aromatic N) is 3. The number of benzene rings is 8. The highest BCUT2D eigenvalue weighted by Crippen LogP contribution is 2.45. The van der Waals surface area contributed by atoms with Gasteiger partial charge in [-0.25, -0.2) is 15.0 Å². The third kappa shape index (κ3) is 5.41. The molecule has 0 N–H and O–H groups in total. The van der Waals surface area contributed by atoms with Crippen LogP contribution in [0.1, 0.15) is 42.9 Å². The van der Waals surface area contributed by atoms with Crippen LogP contribution in [0.15, 0.2) is 146 Å². The molecule has 0 aliphatic heterocycles. The van der Waals surface area contributed by atoms with Gasteiger partial charge in [-0.15, -0.1) is 0 Å². The number of hydrogen-bond donors (Lipinski definition) is 0. The van der Waals surface area contributed by atoms with E-state index >= 15 is 0 Å². The summed E-state index contributed by atoms with van der Waals surface area (Å²) in [6.07, 6.45) is 1.02. The van der Waals surface area contributed by atoms with Crippen LogP contribution in [-0.4, -0.2) is 15.0 Å². The summed E-state index contributed by atoms with van der Waals surface area (Å²) >= 11 is 0. The summed E-state index contributed by atoms with van der Waals surface area (Å²) in [6.45, 7) is 8.99. The van der Waals surface area contributed by atoms with Gasteiger partial charge in [-0.2, -0.15) is 0 Å². The van der Waals surface area contributed by atoms with Crippen LogP contribution in [0.25, 0.3) is 88.4 Å². The van der Waals surface area contributed by atoms with Crippen LogP contribution < -0.4 is 0 Å². The van der Waals surface area contributed by atoms with Crippen LogP contribution in [0.4, 0.5) is 0 Å². The second-order valence-corrected chi connectivity index (χ2v) is 14.1. The van der Waals surface area contributed by atoms with Crippen molar-refractivity contribution in [2.45, 2.75) is 40.0 Å². The fourth-order valence-corrected chi connectivity index (χ4v) is 7.80. The molecule has 0 aliphatic carbocycles. The van der Waals surface area contributed by atoms with Crippen LogP contribution in [0.3, 0.4) is 0 Å². The fraction of sp³-hybridized carbons (Fsp3) is 0.122. The molecule has 0 amide bonds. The van der Waals surface area contributed by atoms with E-state index in [2.05, 4.69) is 155 Å². The van der Waals surface area contributed by atoms with Crippen molar-refractivity contribution in [2.24, 2.45) is 0 Å². The molecule has 0 aliphatic rings. The predicted molar refractivity (Wildman–Crippen MR) is 220 cm³/mol. The normalized spacial score (nSPS) is 12.2. The molecule has 3 heteroatoms. The van der Waals surface area contributed by atoms with Gasteiger partial charge in [-0.1, -0.05) is 153 Å². The Morgan fingerprint density at radius 1 is 0.442 bits per heavy atom. The molecule has 0 fully saturated rings. The van der Waals surface area contributed by atoms with Crippen molar-refractivity contribution >= 4 is 43.1 Å². The molecule has 1 aromatic heterocycles. The summed E-state index contributed by atoms with van der Waals surface area (Å²) in [7, 11) is 0. The first kappa shape index (κ1) is 31.8. The molecule has 1 heterocycles. The smallest absolute Gasteiger partial charge is 0.164 e. The molecule has 1 atom stereocenters. The van der Waals surface area contributed by atoms with E-state index in [1.165, 1.54) is 65.3 Å². The first-order chi connectivity index (χ1) is 25.5. The fourth-order valence-electron chi connectivity index (χ4n) is 7.80. The van der Waals surface area contributed by atoms with Crippen molar-refractivity contribution in [1.82, 2.24) is 15.0 Å². The van der Waals surface area contributed by atoms with Crippen LogP contribution in [0.2, 0.25) is 0 Å². The van der Waals surface area contributed by atoms with Crippen LogP contribution >= 0.6 is 0 Å². The predicted octanol–water partition coefficient (Wildman–Crippen LogP) is 13.3. The highest BCUT2D eigenvalue weighted by Gasteiger charge is 2.21. The molecular formula is C49H39N3. The zero-order valence-corrected chi connectivity index (χ0v) is 30.0. The standard InChI is InChI=1S/C49H39N3/c1-5-31(3)42-28-38(29-43-40-27-26-35-13-9-10-16-39(35)45(40)41-17-11-12-32(4)44(41)46(42)43)49-51-47(36-14-7-6-8-15-36)50-48(52-49)37-24-22-34(23-25-37)33-20-18-30(2)19-21-33/h6-29,31H,5H2,1-4H3. The van der Waals surface area contributed by atoms with E-state index in [0.29, 0.717) is 23.4 Å². The molecule has 0 radical (unpaired) electrons. The van der Waals surface area contributed by atoms with Crippen LogP contribution in [0, 0.1) is 13.8 Å². The second kappa shape index (κ2) is 12.9. The average molecular weight is 670 g/mol. The zero-order chi connectivity index (χ0) is 35.3. The van der Waals surface area contributed by atoms with Crippen molar-refractivity contribution in [3.63, 3.8) is 0 Å². The minimum absolute atomic E-state index is 0.326. The Hall–Kier alpha value is -6.19. The second-order valence-electron chi connectivity index (χ2n) is 14.1. The maximum atomic E-state index is 5.23. The lowest BCUT2D eigenvalue weighted by Gasteiger charge is -2.21. The van der Waals surface area contributed by atoms with Gasteiger partial charge in [-0.05, 0) is 104 Å². The Morgan fingerprint density at radius 2 is 1.04 bits per heavy atom. The van der Waals surface area contributed by atoms with Crippen molar-refractivity contribution in [3.8, 4) is 45.3 Å². The topological polar surface area (TPSA) is 38.7 Å². The van der Waals surface area contributed by atoms with Crippen molar-refractivity contribution in [2.75, 3.05) is 0 Å². The summed E-state index contributed by atoms with van der Waals surface area (Å²) < 4.78 is 0.